The van der Waals surface area contributed by atoms with Gasteiger partial charge in [0.1, 0.15) is 0 Å². The van der Waals surface area contributed by atoms with Crippen LogP contribution < -0.4 is 26.5 Å². The minimum atomic E-state index is -2.41. The Kier molecular flexibility index (Phi) is 8.15. The molecule has 0 bridgehead atoms. The van der Waals surface area contributed by atoms with Gasteiger partial charge in [-0.05, 0) is 0 Å². The molecule has 0 amide bonds. The molecule has 1 heterocycles. The molecule has 4 aromatic rings. The van der Waals surface area contributed by atoms with Gasteiger partial charge in [0.05, 0.1) is 0 Å². The summed E-state index contributed by atoms with van der Waals surface area (Å²) in [6.07, 6.45) is 4.31. The predicted octanol–water partition coefficient (Wildman–Crippen LogP) is 5.27. The van der Waals surface area contributed by atoms with Gasteiger partial charge in [0.25, 0.3) is 0 Å². The number of nitrogens with zero attached hydrogens (tertiary/aromatic N) is 1. The van der Waals surface area contributed by atoms with Gasteiger partial charge in [-0.25, -0.2) is 0 Å². The van der Waals surface area contributed by atoms with Crippen LogP contribution >= 0.6 is 7.26 Å². The molecule has 1 saturated heterocycles. The topological polar surface area (TPSA) is 75.0 Å². The molecule has 6 heteroatoms. The van der Waals surface area contributed by atoms with Gasteiger partial charge in [-0.15, -0.1) is 0 Å². The molecule has 38 heavy (non-hydrogen) atoms. The number of benzene rings is 4. The van der Waals surface area contributed by atoms with E-state index in [-0.39, 0.29) is 5.96 Å². The first-order valence-corrected chi connectivity index (χ1v) is 15.6. The van der Waals surface area contributed by atoms with Crippen molar-refractivity contribution in [1.82, 2.24) is 10.2 Å². The molecule has 0 aliphatic carbocycles. The van der Waals surface area contributed by atoms with Gasteiger partial charge in [-0.3, -0.25) is 0 Å². The first kappa shape index (κ1) is 25.7. The fourth-order valence-corrected chi connectivity index (χ4v) is 10.3. The second kappa shape index (κ2) is 12.1. The van der Waals surface area contributed by atoms with Crippen LogP contribution in [0.2, 0.25) is 0 Å². The molecule has 0 spiro atoms. The van der Waals surface area contributed by atoms with Crippen molar-refractivity contribution < 1.29 is 0 Å². The summed E-state index contributed by atoms with van der Waals surface area (Å²) in [4.78, 5) is 2.01. The van der Waals surface area contributed by atoms with Gasteiger partial charge >= 0.3 is 226 Å². The fourth-order valence-electron chi connectivity index (χ4n) is 5.53. The van der Waals surface area contributed by atoms with Crippen molar-refractivity contribution >= 4 is 40.8 Å². The minimum absolute atomic E-state index is 0.121. The van der Waals surface area contributed by atoms with Gasteiger partial charge in [0.2, 0.25) is 0 Å². The molecular weight excluding hydrogens is 485 g/mol. The summed E-state index contributed by atoms with van der Waals surface area (Å²) in [7, 11) is -2.41. The summed E-state index contributed by atoms with van der Waals surface area (Å²) >= 11 is 0. The van der Waals surface area contributed by atoms with Crippen molar-refractivity contribution in [1.29, 1.82) is 10.8 Å². The molecule has 0 aromatic heterocycles. The van der Waals surface area contributed by atoms with Gasteiger partial charge < -0.3 is 0 Å². The van der Waals surface area contributed by atoms with Crippen molar-refractivity contribution in [2.45, 2.75) is 25.4 Å². The summed E-state index contributed by atoms with van der Waals surface area (Å²) in [6, 6.07) is 41.2. The number of hydrogen-bond acceptors (Lipinski definition) is 2. The number of anilines is 1. The van der Waals surface area contributed by atoms with E-state index in [9.17, 15) is 0 Å². The first-order chi connectivity index (χ1) is 18.6. The van der Waals surface area contributed by atoms with Crippen molar-refractivity contribution in [3.8, 4) is 0 Å². The van der Waals surface area contributed by atoms with Crippen LogP contribution in [-0.2, 0) is 6.16 Å². The molecule has 4 aromatic carbocycles. The summed E-state index contributed by atoms with van der Waals surface area (Å²) in [5.74, 6) is 0.414. The molecule has 194 valence electrons. The van der Waals surface area contributed by atoms with E-state index in [1.165, 1.54) is 27.9 Å². The summed E-state index contributed by atoms with van der Waals surface area (Å²) in [5.41, 5.74) is 2.07. The number of rotatable bonds is 6. The van der Waals surface area contributed by atoms with Crippen molar-refractivity contribution in [2.24, 2.45) is 0 Å². The van der Waals surface area contributed by atoms with Crippen molar-refractivity contribution in [3.63, 3.8) is 0 Å². The van der Waals surface area contributed by atoms with Crippen LogP contribution in [0.3, 0.4) is 0 Å². The zero-order chi connectivity index (χ0) is 26.2. The van der Waals surface area contributed by atoms with E-state index >= 15 is 0 Å². The van der Waals surface area contributed by atoms with Gasteiger partial charge in [-0.2, -0.15) is 0 Å². The third kappa shape index (κ3) is 5.79. The third-order valence-corrected chi connectivity index (χ3v) is 12.3. The van der Waals surface area contributed by atoms with E-state index in [4.69, 9.17) is 10.8 Å². The second-order valence-corrected chi connectivity index (χ2v) is 13.8. The van der Waals surface area contributed by atoms with Crippen molar-refractivity contribution in [2.75, 3.05) is 18.4 Å². The van der Waals surface area contributed by atoms with Crippen LogP contribution in [0.15, 0.2) is 115 Å². The normalized spacial score (nSPS) is 13.9. The van der Waals surface area contributed by atoms with Crippen LogP contribution in [0.5, 0.6) is 0 Å². The summed E-state index contributed by atoms with van der Waals surface area (Å²) < 4.78 is 0. The Morgan fingerprint density at radius 1 is 0.658 bits per heavy atom. The number of likely N-dealkylation sites (tertiary alicyclic amines) is 1. The molecular formula is C32H36N5P. The quantitative estimate of drug-likeness (QED) is 0.159. The summed E-state index contributed by atoms with van der Waals surface area (Å²) in [5, 5.41) is 27.0. The van der Waals surface area contributed by atoms with Gasteiger partial charge in [0, 0.05) is 0 Å². The molecule has 1 fully saturated rings. The van der Waals surface area contributed by atoms with E-state index in [1.807, 2.05) is 11.0 Å². The Balaban J connectivity index is 1.45. The Morgan fingerprint density at radius 2 is 1.18 bits per heavy atom. The Bertz CT molecular complexity index is 1260. The Morgan fingerprint density at radius 3 is 1.71 bits per heavy atom. The van der Waals surface area contributed by atoms with E-state index in [0.717, 1.165) is 37.8 Å². The van der Waals surface area contributed by atoms with E-state index in [0.29, 0.717) is 5.96 Å². The Labute approximate surface area is 226 Å². The zero-order valence-corrected chi connectivity index (χ0v) is 22.7. The molecule has 0 saturated carbocycles. The molecule has 5 nitrogen and oxygen atoms in total. The number of guanidine groups is 2. The van der Waals surface area contributed by atoms with Crippen LogP contribution in [0.1, 0.15) is 24.8 Å². The predicted molar refractivity (Wildman–Crippen MR) is 164 cm³/mol. The average Bonchev–Trinajstić information content (AvgIpc) is 2.98. The van der Waals surface area contributed by atoms with Crippen LogP contribution in [0.25, 0.3) is 0 Å². The van der Waals surface area contributed by atoms with Crippen LogP contribution in [0.4, 0.5) is 5.69 Å². The van der Waals surface area contributed by atoms with Crippen LogP contribution in [0, 0.1) is 10.8 Å². The maximum atomic E-state index is 8.45. The molecule has 0 unspecified atom stereocenters. The fraction of sp³-hybridized carbons (Fsp3) is 0.188. The Hall–Kier alpha value is -3.95. The maximum absolute atomic E-state index is 8.45. The number of piperidine rings is 1. The molecule has 0 atom stereocenters. The molecule has 1 aliphatic rings. The molecule has 5 rings (SSSR count). The second-order valence-electron chi connectivity index (χ2n) is 9.90. The molecule has 4 N–H and O–H groups in total. The zero-order valence-electron chi connectivity index (χ0n) is 21.7. The number of hydrogen-bond donors (Lipinski definition) is 4. The standard InChI is InChI=1S/C32H36N5P/c33-31(36-32(34)37-22-11-4-12-23-37)35-27-15-13-14-26(24-27)25-38(28-16-5-1-6-17-28,29-18-7-2-8-19-29)30-20-9-3-10-21-30/h1-3,5-10,13-21,24,38H,4,11-12,22-23,25H2,(H4,33,34,35,36). The van der Waals surface area contributed by atoms with Crippen LogP contribution in [-0.4, -0.2) is 29.9 Å². The monoisotopic (exact) mass is 521 g/mol. The SMILES string of the molecule is N=C(NC(=N)N1CCCCC1)Nc1cccc(C[PH](c2ccccc2)(c2ccccc2)c2ccccc2)c1. The van der Waals surface area contributed by atoms with Crippen molar-refractivity contribution in [3.05, 3.63) is 121 Å². The van der Waals surface area contributed by atoms with Gasteiger partial charge in [0.15, 0.2) is 0 Å². The molecule has 0 radical (unpaired) electrons. The third-order valence-electron chi connectivity index (χ3n) is 7.38. The average molecular weight is 522 g/mol. The van der Waals surface area contributed by atoms with E-state index < -0.39 is 7.26 Å². The molecule has 1 aliphatic heterocycles. The number of nitrogens with one attached hydrogen (secondary N) is 4. The van der Waals surface area contributed by atoms with E-state index in [1.54, 1.807) is 0 Å². The van der Waals surface area contributed by atoms with Gasteiger partial charge in [-0.1, -0.05) is 0 Å². The summed E-state index contributed by atoms with van der Waals surface area (Å²) in [6.45, 7) is 1.75. The first-order valence-electron chi connectivity index (χ1n) is 13.4. The van der Waals surface area contributed by atoms with E-state index in [2.05, 4.69) is 120 Å².